The van der Waals surface area contributed by atoms with E-state index < -0.39 is 0 Å². The molecule has 1 aliphatic rings. The first kappa shape index (κ1) is 13.3. The molecule has 3 N–H and O–H groups in total. The number of nitrogens with zero attached hydrogens (tertiary/aromatic N) is 2. The molecule has 1 rings (SSSR count). The molecule has 0 bridgehead atoms. The largest absolute Gasteiger partial charge is 0.409 e. The Morgan fingerprint density at radius 1 is 1.69 bits per heavy atom. The van der Waals surface area contributed by atoms with E-state index in [1.54, 1.807) is 0 Å². The second-order valence-electron chi connectivity index (χ2n) is 4.36. The van der Waals surface area contributed by atoms with Gasteiger partial charge in [0.25, 0.3) is 0 Å². The van der Waals surface area contributed by atoms with Crippen LogP contribution < -0.4 is 5.73 Å². The van der Waals surface area contributed by atoms with Gasteiger partial charge in [0.05, 0.1) is 6.10 Å². The van der Waals surface area contributed by atoms with Gasteiger partial charge < -0.3 is 15.7 Å². The van der Waals surface area contributed by atoms with Gasteiger partial charge in [0.2, 0.25) is 0 Å². The third kappa shape index (κ3) is 3.98. The highest BCUT2D eigenvalue weighted by atomic mass is 16.5. The minimum atomic E-state index is 0.297. The summed E-state index contributed by atoms with van der Waals surface area (Å²) in [6.07, 6.45) is 3.25. The van der Waals surface area contributed by atoms with Crippen molar-refractivity contribution in [2.45, 2.75) is 45.3 Å². The number of amidine groups is 1. The molecule has 2 atom stereocenters. The van der Waals surface area contributed by atoms with Crippen LogP contribution in [0, 0.1) is 0 Å². The summed E-state index contributed by atoms with van der Waals surface area (Å²) in [5, 5.41) is 11.6. The molecule has 0 amide bonds. The van der Waals surface area contributed by atoms with Crippen molar-refractivity contribution in [1.29, 1.82) is 0 Å². The lowest BCUT2D eigenvalue weighted by Gasteiger charge is -2.36. The normalized spacial score (nSPS) is 25.6. The second kappa shape index (κ2) is 6.70. The summed E-state index contributed by atoms with van der Waals surface area (Å²) < 4.78 is 5.64. The van der Waals surface area contributed by atoms with Gasteiger partial charge in [-0.15, -0.1) is 0 Å². The van der Waals surface area contributed by atoms with Crippen molar-refractivity contribution in [1.82, 2.24) is 4.90 Å². The maximum atomic E-state index is 8.54. The number of nitrogens with two attached hydrogens (primary N) is 1. The summed E-state index contributed by atoms with van der Waals surface area (Å²) >= 11 is 0. The average Bonchev–Trinajstić information content (AvgIpc) is 2.29. The number of likely N-dealkylation sites (tertiary alicyclic amines) is 1. The first-order valence-electron chi connectivity index (χ1n) is 5.99. The van der Waals surface area contributed by atoms with E-state index in [2.05, 4.69) is 17.0 Å². The SMILES string of the molecule is CCOC1CCCN(C(C)CC(N)=NO)C1. The molecule has 1 fully saturated rings. The molecule has 0 spiro atoms. The van der Waals surface area contributed by atoms with E-state index in [0.717, 1.165) is 32.5 Å². The molecule has 5 nitrogen and oxygen atoms in total. The van der Waals surface area contributed by atoms with Crippen LogP contribution in [0.1, 0.15) is 33.1 Å². The Morgan fingerprint density at radius 3 is 3.06 bits per heavy atom. The zero-order valence-corrected chi connectivity index (χ0v) is 10.2. The number of hydrogen-bond donors (Lipinski definition) is 2. The van der Waals surface area contributed by atoms with Crippen molar-refractivity contribution in [3.8, 4) is 0 Å². The number of oxime groups is 1. The maximum Gasteiger partial charge on any atom is 0.140 e. The fraction of sp³-hybridized carbons (Fsp3) is 0.909. The molecule has 94 valence electrons. The highest BCUT2D eigenvalue weighted by Crippen LogP contribution is 2.16. The van der Waals surface area contributed by atoms with Gasteiger partial charge in [-0.2, -0.15) is 0 Å². The van der Waals surface area contributed by atoms with Gasteiger partial charge in [0, 0.05) is 25.6 Å². The van der Waals surface area contributed by atoms with Gasteiger partial charge in [-0.3, -0.25) is 4.90 Å². The molecular formula is C11H23N3O2. The van der Waals surface area contributed by atoms with E-state index >= 15 is 0 Å². The fourth-order valence-corrected chi connectivity index (χ4v) is 2.21. The Morgan fingerprint density at radius 2 is 2.44 bits per heavy atom. The van der Waals surface area contributed by atoms with Crippen LogP contribution in [0.2, 0.25) is 0 Å². The predicted molar refractivity (Wildman–Crippen MR) is 63.7 cm³/mol. The zero-order chi connectivity index (χ0) is 12.0. The van der Waals surface area contributed by atoms with Gasteiger partial charge in [0.1, 0.15) is 5.84 Å². The zero-order valence-electron chi connectivity index (χ0n) is 10.2. The Labute approximate surface area is 97.2 Å². The Kier molecular flexibility index (Phi) is 5.55. The Bertz CT molecular complexity index is 231. The lowest BCUT2D eigenvalue weighted by Crippen LogP contribution is -2.45. The van der Waals surface area contributed by atoms with E-state index in [0.29, 0.717) is 24.4 Å². The molecule has 0 aromatic heterocycles. The first-order chi connectivity index (χ1) is 7.67. The lowest BCUT2D eigenvalue weighted by atomic mass is 10.0. The van der Waals surface area contributed by atoms with Crippen molar-refractivity contribution in [3.05, 3.63) is 0 Å². The van der Waals surface area contributed by atoms with E-state index in [1.807, 2.05) is 6.92 Å². The monoisotopic (exact) mass is 229 g/mol. The molecule has 2 unspecified atom stereocenters. The van der Waals surface area contributed by atoms with Gasteiger partial charge in [-0.05, 0) is 33.2 Å². The fourth-order valence-electron chi connectivity index (χ4n) is 2.21. The molecule has 0 aromatic rings. The molecule has 0 aromatic carbocycles. The summed E-state index contributed by atoms with van der Waals surface area (Å²) in [7, 11) is 0. The minimum absolute atomic E-state index is 0.297. The molecule has 0 aliphatic carbocycles. The van der Waals surface area contributed by atoms with E-state index in [1.165, 1.54) is 0 Å². The third-order valence-corrected chi connectivity index (χ3v) is 3.07. The summed E-state index contributed by atoms with van der Waals surface area (Å²) in [5.74, 6) is 0.297. The van der Waals surface area contributed by atoms with E-state index in [-0.39, 0.29) is 0 Å². The molecule has 1 aliphatic heterocycles. The third-order valence-electron chi connectivity index (χ3n) is 3.07. The Balaban J connectivity index is 2.40. The summed E-state index contributed by atoms with van der Waals surface area (Å²) in [6, 6.07) is 0.305. The van der Waals surface area contributed by atoms with Gasteiger partial charge in [0.15, 0.2) is 0 Å². The van der Waals surface area contributed by atoms with Crippen LogP contribution in [-0.4, -0.2) is 47.8 Å². The molecule has 0 saturated carbocycles. The second-order valence-corrected chi connectivity index (χ2v) is 4.36. The molecule has 5 heteroatoms. The van der Waals surface area contributed by atoms with E-state index in [9.17, 15) is 0 Å². The summed E-state index contributed by atoms with van der Waals surface area (Å²) in [6.45, 7) is 6.93. The van der Waals surface area contributed by atoms with Crippen molar-refractivity contribution in [2.24, 2.45) is 10.9 Å². The van der Waals surface area contributed by atoms with Crippen LogP contribution in [-0.2, 0) is 4.74 Å². The molecule has 1 saturated heterocycles. The minimum Gasteiger partial charge on any atom is -0.409 e. The highest BCUT2D eigenvalue weighted by Gasteiger charge is 2.24. The summed E-state index contributed by atoms with van der Waals surface area (Å²) in [4.78, 5) is 2.35. The van der Waals surface area contributed by atoms with Gasteiger partial charge in [-0.25, -0.2) is 0 Å². The van der Waals surface area contributed by atoms with Crippen molar-refractivity contribution in [3.63, 3.8) is 0 Å². The standard InChI is InChI=1S/C11H23N3O2/c1-3-16-10-5-4-6-14(8-10)9(2)7-11(12)13-15/h9-10,15H,3-8H2,1-2H3,(H2,12,13). The van der Waals surface area contributed by atoms with Crippen molar-refractivity contribution in [2.75, 3.05) is 19.7 Å². The summed E-state index contributed by atoms with van der Waals surface area (Å²) in [5.41, 5.74) is 5.52. The molecule has 16 heavy (non-hydrogen) atoms. The average molecular weight is 229 g/mol. The number of hydrogen-bond acceptors (Lipinski definition) is 4. The lowest BCUT2D eigenvalue weighted by molar-refractivity contribution is -0.00424. The van der Waals surface area contributed by atoms with Crippen LogP contribution in [0.15, 0.2) is 5.16 Å². The van der Waals surface area contributed by atoms with Crippen molar-refractivity contribution < 1.29 is 9.94 Å². The predicted octanol–water partition coefficient (Wildman–Crippen LogP) is 1.01. The first-order valence-corrected chi connectivity index (χ1v) is 5.99. The quantitative estimate of drug-likeness (QED) is 0.319. The van der Waals surface area contributed by atoms with E-state index in [4.69, 9.17) is 15.7 Å². The van der Waals surface area contributed by atoms with Crippen LogP contribution in [0.25, 0.3) is 0 Å². The maximum absolute atomic E-state index is 8.54. The topological polar surface area (TPSA) is 71.1 Å². The number of ether oxygens (including phenoxy) is 1. The number of piperidine rings is 1. The molecule has 1 heterocycles. The number of rotatable bonds is 5. The Hall–Kier alpha value is -0.810. The van der Waals surface area contributed by atoms with Crippen LogP contribution >= 0.6 is 0 Å². The molecule has 0 radical (unpaired) electrons. The van der Waals surface area contributed by atoms with Gasteiger partial charge in [-0.1, -0.05) is 5.16 Å². The van der Waals surface area contributed by atoms with Crippen molar-refractivity contribution >= 4 is 5.84 Å². The van der Waals surface area contributed by atoms with Crippen LogP contribution in [0.4, 0.5) is 0 Å². The molecular weight excluding hydrogens is 206 g/mol. The van der Waals surface area contributed by atoms with Crippen LogP contribution in [0.3, 0.4) is 0 Å². The van der Waals surface area contributed by atoms with Gasteiger partial charge >= 0.3 is 0 Å². The van der Waals surface area contributed by atoms with Crippen LogP contribution in [0.5, 0.6) is 0 Å². The highest BCUT2D eigenvalue weighted by molar-refractivity contribution is 5.80. The smallest absolute Gasteiger partial charge is 0.140 e.